The Morgan fingerprint density at radius 1 is 1.44 bits per heavy atom. The summed E-state index contributed by atoms with van der Waals surface area (Å²) in [6.45, 7) is 0.932. The Balaban J connectivity index is 1.97. The highest BCUT2D eigenvalue weighted by Crippen LogP contribution is 2.37. The summed E-state index contributed by atoms with van der Waals surface area (Å²) in [7, 11) is 0. The van der Waals surface area contributed by atoms with Gasteiger partial charge in [0.05, 0.1) is 6.04 Å². The van der Waals surface area contributed by atoms with E-state index in [9.17, 15) is 4.79 Å². The van der Waals surface area contributed by atoms with Gasteiger partial charge in [0.1, 0.15) is 0 Å². The SMILES string of the molecule is NC(=O)c1nc2n(n1)C1CCCCC1CN2. The van der Waals surface area contributed by atoms with Gasteiger partial charge in [0, 0.05) is 6.54 Å². The number of nitrogens with one attached hydrogen (secondary N) is 1. The Morgan fingerprint density at radius 3 is 3.06 bits per heavy atom. The maximum atomic E-state index is 11.0. The summed E-state index contributed by atoms with van der Waals surface area (Å²) in [5, 5.41) is 7.42. The van der Waals surface area contributed by atoms with Crippen molar-refractivity contribution >= 4 is 11.9 Å². The third kappa shape index (κ3) is 1.36. The fourth-order valence-corrected chi connectivity index (χ4v) is 2.75. The van der Waals surface area contributed by atoms with Gasteiger partial charge >= 0.3 is 0 Å². The molecule has 16 heavy (non-hydrogen) atoms. The Hall–Kier alpha value is -1.59. The fourth-order valence-electron chi connectivity index (χ4n) is 2.75. The lowest BCUT2D eigenvalue weighted by Crippen LogP contribution is -2.35. The number of rotatable bonds is 1. The van der Waals surface area contributed by atoms with Gasteiger partial charge in [-0.25, -0.2) is 4.68 Å². The van der Waals surface area contributed by atoms with Crippen molar-refractivity contribution in [2.24, 2.45) is 11.7 Å². The van der Waals surface area contributed by atoms with E-state index in [2.05, 4.69) is 15.4 Å². The third-order valence-electron chi connectivity index (χ3n) is 3.56. The first-order valence-corrected chi connectivity index (χ1v) is 5.76. The van der Waals surface area contributed by atoms with Crippen LogP contribution < -0.4 is 11.1 Å². The summed E-state index contributed by atoms with van der Waals surface area (Å²) in [5.74, 6) is 0.866. The van der Waals surface area contributed by atoms with Crippen LogP contribution in [-0.4, -0.2) is 27.2 Å². The van der Waals surface area contributed by atoms with E-state index >= 15 is 0 Å². The van der Waals surface area contributed by atoms with E-state index in [1.807, 2.05) is 4.68 Å². The minimum Gasteiger partial charge on any atom is -0.363 e. The van der Waals surface area contributed by atoms with E-state index in [0.717, 1.165) is 13.0 Å². The van der Waals surface area contributed by atoms with Gasteiger partial charge in [-0.1, -0.05) is 12.8 Å². The molecule has 2 unspecified atom stereocenters. The molecule has 1 aromatic heterocycles. The summed E-state index contributed by atoms with van der Waals surface area (Å²) in [6, 6.07) is 0.394. The second kappa shape index (κ2) is 3.47. The molecule has 3 rings (SSSR count). The second-order valence-corrected chi connectivity index (χ2v) is 4.56. The van der Waals surface area contributed by atoms with E-state index < -0.39 is 5.91 Å². The standard InChI is InChI=1S/C10H15N5O/c11-8(16)9-13-10-12-5-6-3-1-2-4-7(6)15(10)14-9/h6-7H,1-5H2,(H2,11,16)(H,12,13,14). The van der Waals surface area contributed by atoms with E-state index in [4.69, 9.17) is 5.73 Å². The number of nitrogens with two attached hydrogens (primary N) is 1. The topological polar surface area (TPSA) is 85.8 Å². The zero-order valence-corrected chi connectivity index (χ0v) is 9.02. The predicted molar refractivity (Wildman–Crippen MR) is 58.0 cm³/mol. The monoisotopic (exact) mass is 221 g/mol. The smallest absolute Gasteiger partial charge is 0.288 e. The molecule has 0 saturated heterocycles. The molecule has 1 aliphatic carbocycles. The predicted octanol–water partition coefficient (Wildman–Crippen LogP) is 0.534. The summed E-state index contributed by atoms with van der Waals surface area (Å²) in [5.41, 5.74) is 5.19. The number of primary amides is 1. The lowest BCUT2D eigenvalue weighted by molar-refractivity contribution is 0.0989. The first-order valence-electron chi connectivity index (χ1n) is 5.76. The first-order chi connectivity index (χ1) is 7.75. The van der Waals surface area contributed by atoms with Crippen molar-refractivity contribution in [1.29, 1.82) is 0 Å². The minimum absolute atomic E-state index is 0.119. The molecule has 1 amide bonds. The quantitative estimate of drug-likeness (QED) is 0.724. The number of nitrogens with zero attached hydrogens (tertiary/aromatic N) is 3. The van der Waals surface area contributed by atoms with E-state index in [0.29, 0.717) is 17.9 Å². The van der Waals surface area contributed by atoms with Crippen molar-refractivity contribution in [3.05, 3.63) is 5.82 Å². The molecule has 2 heterocycles. The molecule has 6 heteroatoms. The lowest BCUT2D eigenvalue weighted by atomic mass is 9.84. The summed E-state index contributed by atoms with van der Waals surface area (Å²) in [4.78, 5) is 15.1. The number of fused-ring (bicyclic) bond motifs is 3. The van der Waals surface area contributed by atoms with Crippen LogP contribution in [0, 0.1) is 5.92 Å². The largest absolute Gasteiger partial charge is 0.363 e. The molecule has 1 fully saturated rings. The number of hydrogen-bond acceptors (Lipinski definition) is 4. The highest BCUT2D eigenvalue weighted by atomic mass is 16.1. The Morgan fingerprint density at radius 2 is 2.25 bits per heavy atom. The van der Waals surface area contributed by atoms with Crippen molar-refractivity contribution in [2.75, 3.05) is 11.9 Å². The molecule has 86 valence electrons. The summed E-state index contributed by atoms with van der Waals surface area (Å²) >= 11 is 0. The van der Waals surface area contributed by atoms with Crippen molar-refractivity contribution < 1.29 is 4.79 Å². The lowest BCUT2D eigenvalue weighted by Gasteiger charge is -2.35. The zero-order chi connectivity index (χ0) is 11.1. The molecule has 1 aromatic rings. The average Bonchev–Trinajstić information content (AvgIpc) is 2.73. The van der Waals surface area contributed by atoms with Crippen LogP contribution in [0.3, 0.4) is 0 Å². The van der Waals surface area contributed by atoms with E-state index in [-0.39, 0.29) is 5.82 Å². The molecule has 1 saturated carbocycles. The average molecular weight is 221 g/mol. The number of hydrogen-bond donors (Lipinski definition) is 2. The van der Waals surface area contributed by atoms with E-state index in [1.165, 1.54) is 19.3 Å². The van der Waals surface area contributed by atoms with Crippen LogP contribution in [0.5, 0.6) is 0 Å². The molecule has 2 atom stereocenters. The van der Waals surface area contributed by atoms with Gasteiger partial charge in [0.25, 0.3) is 5.91 Å². The van der Waals surface area contributed by atoms with E-state index in [1.54, 1.807) is 0 Å². The van der Waals surface area contributed by atoms with Crippen LogP contribution >= 0.6 is 0 Å². The molecular weight excluding hydrogens is 206 g/mol. The Kier molecular flexibility index (Phi) is 2.08. The minimum atomic E-state index is -0.559. The normalized spacial score (nSPS) is 27.8. The molecule has 0 bridgehead atoms. The molecule has 1 aliphatic heterocycles. The molecule has 3 N–H and O–H groups in total. The van der Waals surface area contributed by atoms with Crippen molar-refractivity contribution in [3.8, 4) is 0 Å². The number of amides is 1. The highest BCUT2D eigenvalue weighted by molar-refractivity contribution is 5.89. The number of carbonyl (C=O) groups excluding carboxylic acids is 1. The molecule has 0 radical (unpaired) electrons. The van der Waals surface area contributed by atoms with Gasteiger partial charge in [-0.05, 0) is 18.8 Å². The molecule has 2 aliphatic rings. The van der Waals surface area contributed by atoms with Crippen molar-refractivity contribution in [3.63, 3.8) is 0 Å². The summed E-state index contributed by atoms with van der Waals surface area (Å²) < 4.78 is 1.85. The van der Waals surface area contributed by atoms with Gasteiger partial charge in [0.15, 0.2) is 0 Å². The van der Waals surface area contributed by atoms with Crippen LogP contribution in [-0.2, 0) is 0 Å². The van der Waals surface area contributed by atoms with Crippen LogP contribution in [0.25, 0.3) is 0 Å². The molecule has 0 spiro atoms. The maximum Gasteiger partial charge on any atom is 0.288 e. The Bertz CT molecular complexity index is 427. The number of carbonyl (C=O) groups is 1. The maximum absolute atomic E-state index is 11.0. The number of aromatic nitrogens is 3. The molecule has 0 aromatic carbocycles. The van der Waals surface area contributed by atoms with Crippen LogP contribution in [0.1, 0.15) is 42.3 Å². The summed E-state index contributed by atoms with van der Waals surface area (Å²) in [6.07, 6.45) is 4.87. The van der Waals surface area contributed by atoms with Gasteiger partial charge in [-0.2, -0.15) is 4.98 Å². The van der Waals surface area contributed by atoms with Crippen LogP contribution in [0.15, 0.2) is 0 Å². The van der Waals surface area contributed by atoms with Crippen LogP contribution in [0.4, 0.5) is 5.95 Å². The number of anilines is 1. The van der Waals surface area contributed by atoms with Crippen molar-refractivity contribution in [1.82, 2.24) is 14.8 Å². The highest BCUT2D eigenvalue weighted by Gasteiger charge is 2.33. The van der Waals surface area contributed by atoms with Crippen LogP contribution in [0.2, 0.25) is 0 Å². The Labute approximate surface area is 93.2 Å². The first kappa shape index (κ1) is 9.62. The van der Waals surface area contributed by atoms with Gasteiger partial charge in [-0.3, -0.25) is 4.79 Å². The molecular formula is C10H15N5O. The van der Waals surface area contributed by atoms with Gasteiger partial charge in [-0.15, -0.1) is 5.10 Å². The molecule has 6 nitrogen and oxygen atoms in total. The van der Waals surface area contributed by atoms with Crippen molar-refractivity contribution in [2.45, 2.75) is 31.7 Å². The van der Waals surface area contributed by atoms with Gasteiger partial charge < -0.3 is 11.1 Å². The van der Waals surface area contributed by atoms with Gasteiger partial charge in [0.2, 0.25) is 11.8 Å². The fraction of sp³-hybridized carbons (Fsp3) is 0.700. The second-order valence-electron chi connectivity index (χ2n) is 4.56. The zero-order valence-electron chi connectivity index (χ0n) is 9.02. The third-order valence-corrected chi connectivity index (χ3v) is 3.56.